The minimum absolute atomic E-state index is 0.0847. The summed E-state index contributed by atoms with van der Waals surface area (Å²) in [5.74, 6) is 0.385. The Morgan fingerprint density at radius 2 is 2.00 bits per heavy atom. The van der Waals surface area contributed by atoms with Crippen molar-refractivity contribution in [3.05, 3.63) is 59.5 Å². The topological polar surface area (TPSA) is 89.4 Å². The highest BCUT2D eigenvalue weighted by Crippen LogP contribution is 2.19. The second kappa shape index (κ2) is 6.31. The van der Waals surface area contributed by atoms with E-state index in [0.29, 0.717) is 11.6 Å². The van der Waals surface area contributed by atoms with Crippen LogP contribution in [0, 0.1) is 13.8 Å². The van der Waals surface area contributed by atoms with E-state index in [1.54, 1.807) is 12.4 Å². The van der Waals surface area contributed by atoms with Gasteiger partial charge in [0.25, 0.3) is 5.95 Å². The quantitative estimate of drug-likeness (QED) is 0.582. The lowest BCUT2D eigenvalue weighted by Crippen LogP contribution is -2.09. The Morgan fingerprint density at radius 3 is 2.78 bits per heavy atom. The Kier molecular flexibility index (Phi) is 4.05. The van der Waals surface area contributed by atoms with Gasteiger partial charge in [-0.15, -0.1) is 0 Å². The number of nitrogens with zero attached hydrogens (tertiary/aromatic N) is 5. The Morgan fingerprint density at radius 1 is 1.13 bits per heavy atom. The van der Waals surface area contributed by atoms with E-state index >= 15 is 0 Å². The molecule has 3 aromatic rings. The van der Waals surface area contributed by atoms with Crippen molar-refractivity contribution in [2.24, 2.45) is 15.7 Å². The first-order valence-corrected chi connectivity index (χ1v) is 7.16. The number of pyridine rings is 1. The summed E-state index contributed by atoms with van der Waals surface area (Å²) in [6, 6.07) is 11.6. The summed E-state index contributed by atoms with van der Waals surface area (Å²) < 4.78 is 0. The first kappa shape index (κ1) is 14.8. The zero-order chi connectivity index (χ0) is 16.2. The highest BCUT2D eigenvalue weighted by atomic mass is 15.1. The molecule has 0 aliphatic rings. The van der Waals surface area contributed by atoms with E-state index in [9.17, 15) is 0 Å². The fraction of sp³-hybridized carbons (Fsp3) is 0.118. The average Bonchev–Trinajstić information content (AvgIpc) is 2.55. The average molecular weight is 304 g/mol. The van der Waals surface area contributed by atoms with Crippen molar-refractivity contribution in [2.45, 2.75) is 13.8 Å². The van der Waals surface area contributed by atoms with Crippen molar-refractivity contribution >= 4 is 29.0 Å². The molecule has 0 unspecified atom stereocenters. The van der Waals surface area contributed by atoms with Crippen molar-refractivity contribution in [3.8, 4) is 0 Å². The van der Waals surface area contributed by atoms with E-state index < -0.39 is 0 Å². The van der Waals surface area contributed by atoms with Crippen LogP contribution in [0.5, 0.6) is 0 Å². The van der Waals surface area contributed by atoms with Gasteiger partial charge in [0, 0.05) is 11.6 Å². The van der Waals surface area contributed by atoms with Crippen LogP contribution in [0.15, 0.2) is 52.6 Å². The molecule has 0 fully saturated rings. The molecule has 0 aliphatic heterocycles. The molecule has 114 valence electrons. The zero-order valence-corrected chi connectivity index (χ0v) is 12.9. The van der Waals surface area contributed by atoms with Crippen molar-refractivity contribution in [1.82, 2.24) is 15.0 Å². The van der Waals surface area contributed by atoms with Crippen LogP contribution in [0.1, 0.15) is 17.0 Å². The summed E-state index contributed by atoms with van der Waals surface area (Å²) in [6.07, 6.45) is 3.24. The van der Waals surface area contributed by atoms with Crippen LogP contribution in [-0.4, -0.2) is 27.1 Å². The first-order valence-electron chi connectivity index (χ1n) is 7.16. The van der Waals surface area contributed by atoms with Crippen LogP contribution < -0.4 is 5.73 Å². The molecule has 0 saturated carbocycles. The maximum Gasteiger partial charge on any atom is 0.253 e. The molecule has 1 aromatic carbocycles. The third-order valence-corrected chi connectivity index (χ3v) is 3.26. The first-order chi connectivity index (χ1) is 11.1. The molecule has 2 heterocycles. The van der Waals surface area contributed by atoms with Gasteiger partial charge in [-0.25, -0.2) is 15.0 Å². The number of aryl methyl sites for hydroxylation is 2. The van der Waals surface area contributed by atoms with Gasteiger partial charge in [0.2, 0.25) is 5.96 Å². The van der Waals surface area contributed by atoms with Gasteiger partial charge in [0.1, 0.15) is 0 Å². The van der Waals surface area contributed by atoms with Crippen LogP contribution in [0.3, 0.4) is 0 Å². The van der Waals surface area contributed by atoms with E-state index in [1.807, 2.05) is 44.2 Å². The van der Waals surface area contributed by atoms with Gasteiger partial charge in [0.15, 0.2) is 0 Å². The van der Waals surface area contributed by atoms with Crippen molar-refractivity contribution in [3.63, 3.8) is 0 Å². The lowest BCUT2D eigenvalue weighted by molar-refractivity contribution is 1.12. The van der Waals surface area contributed by atoms with Crippen LogP contribution >= 0.6 is 0 Å². The minimum Gasteiger partial charge on any atom is -0.368 e. The highest BCUT2D eigenvalue weighted by Gasteiger charge is 2.04. The largest absolute Gasteiger partial charge is 0.368 e. The Hall–Kier alpha value is -3.15. The number of guanidine groups is 1. The Balaban J connectivity index is 1.91. The lowest BCUT2D eigenvalue weighted by atomic mass is 10.1. The van der Waals surface area contributed by atoms with Gasteiger partial charge in [-0.3, -0.25) is 4.98 Å². The molecule has 6 nitrogen and oxygen atoms in total. The predicted octanol–water partition coefficient (Wildman–Crippen LogP) is 2.71. The van der Waals surface area contributed by atoms with Gasteiger partial charge in [-0.1, -0.05) is 17.7 Å². The molecule has 23 heavy (non-hydrogen) atoms. The fourth-order valence-corrected chi connectivity index (χ4v) is 2.15. The second-order valence-corrected chi connectivity index (χ2v) is 5.11. The smallest absolute Gasteiger partial charge is 0.253 e. The monoisotopic (exact) mass is 304 g/mol. The molecular formula is C17H16N6. The van der Waals surface area contributed by atoms with Crippen molar-refractivity contribution in [1.29, 1.82) is 0 Å². The normalized spacial score (nSPS) is 12.2. The number of aromatic nitrogens is 3. The third kappa shape index (κ3) is 3.55. The summed E-state index contributed by atoms with van der Waals surface area (Å²) >= 11 is 0. The van der Waals surface area contributed by atoms with Gasteiger partial charge >= 0.3 is 0 Å². The highest BCUT2D eigenvalue weighted by molar-refractivity contribution is 5.92. The molecule has 3 rings (SSSR count). The molecule has 0 radical (unpaired) electrons. The molecule has 0 amide bonds. The fourth-order valence-electron chi connectivity index (χ4n) is 2.15. The van der Waals surface area contributed by atoms with Gasteiger partial charge in [0.05, 0.1) is 23.1 Å². The third-order valence-electron chi connectivity index (χ3n) is 3.26. The maximum absolute atomic E-state index is 5.82. The molecular weight excluding hydrogens is 288 g/mol. The van der Waals surface area contributed by atoms with Crippen LogP contribution in [0.2, 0.25) is 0 Å². The van der Waals surface area contributed by atoms with E-state index in [1.165, 1.54) is 5.56 Å². The van der Waals surface area contributed by atoms with E-state index in [4.69, 9.17) is 5.73 Å². The van der Waals surface area contributed by atoms with Crippen molar-refractivity contribution < 1.29 is 0 Å². The number of aliphatic imine (C=N–C) groups is 2. The summed E-state index contributed by atoms with van der Waals surface area (Å²) in [6.45, 7) is 3.96. The molecule has 0 bridgehead atoms. The molecule has 0 saturated heterocycles. The van der Waals surface area contributed by atoms with E-state index in [0.717, 1.165) is 16.6 Å². The Labute approximate surface area is 133 Å². The standard InChI is InChI=1S/C17H16N6/c1-11-6-7-15-14(9-11)12(2)21-17(22-15)23-16(18)20-10-13-5-3-4-8-19-13/h3-10H,1-2H3,(H2,18,21,22,23)/b20-10+. The number of hydrogen-bond acceptors (Lipinski definition) is 4. The lowest BCUT2D eigenvalue weighted by Gasteiger charge is -2.03. The molecule has 2 N–H and O–H groups in total. The summed E-state index contributed by atoms with van der Waals surface area (Å²) in [4.78, 5) is 21.1. The van der Waals surface area contributed by atoms with Gasteiger partial charge in [-0.2, -0.15) is 4.99 Å². The summed E-state index contributed by atoms with van der Waals surface area (Å²) in [5.41, 5.74) is 9.38. The SMILES string of the molecule is Cc1ccc2nc(/N=C(N)/N=C/c3ccccn3)nc(C)c2c1. The van der Waals surface area contributed by atoms with Gasteiger partial charge < -0.3 is 5.73 Å². The summed E-state index contributed by atoms with van der Waals surface area (Å²) in [7, 11) is 0. The van der Waals surface area contributed by atoms with E-state index in [-0.39, 0.29) is 5.96 Å². The van der Waals surface area contributed by atoms with Crippen molar-refractivity contribution in [2.75, 3.05) is 0 Å². The maximum atomic E-state index is 5.82. The van der Waals surface area contributed by atoms with E-state index in [2.05, 4.69) is 31.0 Å². The summed E-state index contributed by atoms with van der Waals surface area (Å²) in [5, 5.41) is 1.01. The number of nitrogens with two attached hydrogens (primary N) is 1. The molecule has 0 spiro atoms. The molecule has 0 atom stereocenters. The minimum atomic E-state index is 0.0847. The number of rotatable bonds is 2. The number of benzene rings is 1. The number of fused-ring (bicyclic) bond motifs is 1. The zero-order valence-electron chi connectivity index (χ0n) is 12.9. The predicted molar refractivity (Wildman–Crippen MR) is 92.1 cm³/mol. The molecule has 0 aliphatic carbocycles. The molecule has 6 heteroatoms. The van der Waals surface area contributed by atoms with Crippen LogP contribution in [-0.2, 0) is 0 Å². The Bertz CT molecular complexity index is 900. The van der Waals surface area contributed by atoms with Crippen LogP contribution in [0.25, 0.3) is 10.9 Å². The second-order valence-electron chi connectivity index (χ2n) is 5.11. The van der Waals surface area contributed by atoms with Gasteiger partial charge in [-0.05, 0) is 38.1 Å². The van der Waals surface area contributed by atoms with Crippen LogP contribution in [0.4, 0.5) is 5.95 Å². The molecule has 2 aromatic heterocycles. The number of hydrogen-bond donors (Lipinski definition) is 1.